The fourth-order valence-corrected chi connectivity index (χ4v) is 4.52. The van der Waals surface area contributed by atoms with E-state index in [1.165, 1.54) is 18.2 Å². The van der Waals surface area contributed by atoms with Gasteiger partial charge < -0.3 is 5.32 Å². The summed E-state index contributed by atoms with van der Waals surface area (Å²) in [6.45, 7) is 0.553. The van der Waals surface area contributed by atoms with Crippen LogP contribution in [0.2, 0.25) is 0 Å². The number of hydrogen-bond donors (Lipinski definition) is 2. The topological polar surface area (TPSA) is 75.3 Å². The van der Waals surface area contributed by atoms with Crippen molar-refractivity contribution in [3.8, 4) is 0 Å². The number of rotatable bonds is 7. The molecule has 0 aliphatic heterocycles. The molecule has 0 heterocycles. The van der Waals surface area contributed by atoms with Gasteiger partial charge in [-0.3, -0.25) is 4.79 Å². The molecule has 0 aromatic heterocycles. The van der Waals surface area contributed by atoms with Crippen molar-refractivity contribution in [2.45, 2.75) is 30.5 Å². The molecule has 156 valence electrons. The summed E-state index contributed by atoms with van der Waals surface area (Å²) in [7, 11) is -3.99. The summed E-state index contributed by atoms with van der Waals surface area (Å²) in [6.07, 6.45) is -3.66. The summed E-state index contributed by atoms with van der Waals surface area (Å²) >= 11 is 0. The highest BCUT2D eigenvalue weighted by Crippen LogP contribution is 2.47. The van der Waals surface area contributed by atoms with Gasteiger partial charge in [-0.1, -0.05) is 43.3 Å². The maximum absolute atomic E-state index is 12.9. The Kier molecular flexibility index (Phi) is 6.00. The van der Waals surface area contributed by atoms with Gasteiger partial charge >= 0.3 is 6.18 Å². The molecule has 2 aromatic rings. The molecule has 2 aromatic carbocycles. The summed E-state index contributed by atoms with van der Waals surface area (Å²) < 4.78 is 65.4. The van der Waals surface area contributed by atoms with Crippen LogP contribution in [0.4, 0.5) is 13.2 Å². The van der Waals surface area contributed by atoms with Crippen LogP contribution in [0.3, 0.4) is 0 Å². The van der Waals surface area contributed by atoms with E-state index in [9.17, 15) is 26.4 Å². The molecule has 0 radical (unpaired) electrons. The quantitative estimate of drug-likeness (QED) is 0.710. The van der Waals surface area contributed by atoms with Crippen molar-refractivity contribution in [3.05, 3.63) is 65.7 Å². The standard InChI is InChI=1S/C20H21F3N2O3S/c1-13-10-17(13)18(14-6-3-2-4-7-14)25-29(27,28)16-9-5-8-15(11-16)19(26)24-12-20(21,22)23/h2-9,11,13,17-18,25H,10,12H2,1H3,(H,24,26). The van der Waals surface area contributed by atoms with Gasteiger partial charge in [-0.25, -0.2) is 13.1 Å². The third-order valence-corrected chi connectivity index (χ3v) is 6.34. The van der Waals surface area contributed by atoms with E-state index < -0.39 is 34.7 Å². The number of amides is 1. The van der Waals surface area contributed by atoms with Gasteiger partial charge in [0.1, 0.15) is 6.54 Å². The van der Waals surface area contributed by atoms with Gasteiger partial charge in [0.05, 0.1) is 10.9 Å². The molecule has 0 spiro atoms. The molecule has 9 heteroatoms. The lowest BCUT2D eigenvalue weighted by molar-refractivity contribution is -0.123. The predicted molar refractivity (Wildman–Crippen MR) is 102 cm³/mol. The zero-order valence-corrected chi connectivity index (χ0v) is 16.4. The van der Waals surface area contributed by atoms with Crippen LogP contribution in [0.25, 0.3) is 0 Å². The van der Waals surface area contributed by atoms with Crippen molar-refractivity contribution in [3.63, 3.8) is 0 Å². The van der Waals surface area contributed by atoms with E-state index in [0.29, 0.717) is 5.92 Å². The van der Waals surface area contributed by atoms with Crippen LogP contribution >= 0.6 is 0 Å². The van der Waals surface area contributed by atoms with Crippen LogP contribution < -0.4 is 10.0 Å². The summed E-state index contributed by atoms with van der Waals surface area (Å²) in [6, 6.07) is 13.8. The van der Waals surface area contributed by atoms with Gasteiger partial charge in [0.15, 0.2) is 0 Å². The monoisotopic (exact) mass is 426 g/mol. The van der Waals surface area contributed by atoms with Gasteiger partial charge in [0.25, 0.3) is 5.91 Å². The number of carbonyl (C=O) groups is 1. The minimum atomic E-state index is -4.55. The molecular formula is C20H21F3N2O3S. The van der Waals surface area contributed by atoms with Crippen LogP contribution in [-0.2, 0) is 10.0 Å². The molecule has 1 amide bonds. The van der Waals surface area contributed by atoms with E-state index in [1.54, 1.807) is 5.32 Å². The second-order valence-electron chi connectivity index (χ2n) is 7.21. The smallest absolute Gasteiger partial charge is 0.343 e. The first-order valence-electron chi connectivity index (χ1n) is 9.09. The number of carbonyl (C=O) groups excluding carboxylic acids is 1. The lowest BCUT2D eigenvalue weighted by atomic mass is 10.0. The first kappa shape index (κ1) is 21.3. The van der Waals surface area contributed by atoms with Crippen LogP contribution in [-0.4, -0.2) is 27.0 Å². The Hall–Kier alpha value is -2.39. The molecule has 29 heavy (non-hydrogen) atoms. The second kappa shape index (κ2) is 8.16. The van der Waals surface area contributed by atoms with Gasteiger partial charge in [-0.2, -0.15) is 13.2 Å². The Bertz CT molecular complexity index is 978. The van der Waals surface area contributed by atoms with Crippen molar-refractivity contribution in [2.24, 2.45) is 11.8 Å². The maximum Gasteiger partial charge on any atom is 0.405 e. The van der Waals surface area contributed by atoms with Gasteiger partial charge in [-0.15, -0.1) is 0 Å². The molecular weight excluding hydrogens is 405 g/mol. The first-order chi connectivity index (χ1) is 13.6. The van der Waals surface area contributed by atoms with Gasteiger partial charge in [-0.05, 0) is 42.0 Å². The van der Waals surface area contributed by atoms with Crippen LogP contribution in [0, 0.1) is 11.8 Å². The molecule has 1 aliphatic carbocycles. The fourth-order valence-electron chi connectivity index (χ4n) is 3.20. The Morgan fingerprint density at radius 1 is 1.14 bits per heavy atom. The van der Waals surface area contributed by atoms with Crippen LogP contribution in [0.15, 0.2) is 59.5 Å². The third-order valence-electron chi connectivity index (χ3n) is 4.90. The Labute approximate surface area is 167 Å². The summed E-state index contributed by atoms with van der Waals surface area (Å²) in [4.78, 5) is 11.8. The van der Waals surface area contributed by atoms with E-state index in [4.69, 9.17) is 0 Å². The van der Waals surface area contributed by atoms with Crippen molar-refractivity contribution in [1.29, 1.82) is 0 Å². The average molecular weight is 426 g/mol. The number of sulfonamides is 1. The highest BCUT2D eigenvalue weighted by molar-refractivity contribution is 7.89. The van der Waals surface area contributed by atoms with Gasteiger partial charge in [0, 0.05) is 5.56 Å². The zero-order valence-electron chi connectivity index (χ0n) is 15.6. The minimum Gasteiger partial charge on any atom is -0.343 e. The van der Waals surface area contributed by atoms with Crippen molar-refractivity contribution >= 4 is 15.9 Å². The van der Waals surface area contributed by atoms with Gasteiger partial charge in [0.2, 0.25) is 10.0 Å². The number of hydrogen-bond acceptors (Lipinski definition) is 3. The molecule has 0 saturated heterocycles. The lowest BCUT2D eigenvalue weighted by Gasteiger charge is -2.19. The zero-order chi connectivity index (χ0) is 21.2. The van der Waals surface area contributed by atoms with E-state index in [-0.39, 0.29) is 16.4 Å². The average Bonchev–Trinajstić information content (AvgIpc) is 3.41. The molecule has 2 N–H and O–H groups in total. The molecule has 5 nitrogen and oxygen atoms in total. The number of alkyl halides is 3. The summed E-state index contributed by atoms with van der Waals surface area (Å²) in [5.74, 6) is -0.456. The lowest BCUT2D eigenvalue weighted by Crippen LogP contribution is -2.34. The minimum absolute atomic E-state index is 0.158. The first-order valence-corrected chi connectivity index (χ1v) is 10.6. The van der Waals surface area contributed by atoms with Crippen molar-refractivity contribution < 1.29 is 26.4 Å². The summed E-state index contributed by atoms with van der Waals surface area (Å²) in [5.41, 5.74) is 0.678. The fraction of sp³-hybridized carbons (Fsp3) is 0.350. The molecule has 1 aliphatic rings. The number of nitrogens with one attached hydrogen (secondary N) is 2. The molecule has 1 fully saturated rings. The van der Waals surface area contributed by atoms with Crippen LogP contribution in [0.1, 0.15) is 35.3 Å². The Morgan fingerprint density at radius 3 is 2.38 bits per heavy atom. The van der Waals surface area contributed by atoms with Crippen LogP contribution in [0.5, 0.6) is 0 Å². The number of halogens is 3. The summed E-state index contributed by atoms with van der Waals surface area (Å²) in [5, 5.41) is 1.74. The van der Waals surface area contributed by atoms with Crippen molar-refractivity contribution in [1.82, 2.24) is 10.0 Å². The molecule has 3 atom stereocenters. The van der Waals surface area contributed by atoms with E-state index in [0.717, 1.165) is 18.1 Å². The number of benzene rings is 2. The van der Waals surface area contributed by atoms with Crippen molar-refractivity contribution in [2.75, 3.05) is 6.54 Å². The molecule has 1 saturated carbocycles. The van der Waals surface area contributed by atoms with E-state index in [2.05, 4.69) is 4.72 Å². The Balaban J connectivity index is 1.81. The highest BCUT2D eigenvalue weighted by atomic mass is 32.2. The predicted octanol–water partition coefficient (Wildman–Crippen LogP) is 3.65. The third kappa shape index (κ3) is 5.57. The second-order valence-corrected chi connectivity index (χ2v) is 8.93. The SMILES string of the molecule is CC1CC1C(NS(=O)(=O)c1cccc(C(=O)NCC(F)(F)F)c1)c1ccccc1. The van der Waals surface area contributed by atoms with E-state index in [1.807, 2.05) is 37.3 Å². The normalized spacial score (nSPS) is 20.1. The van der Waals surface area contributed by atoms with E-state index >= 15 is 0 Å². The maximum atomic E-state index is 12.9. The molecule has 3 unspecified atom stereocenters. The highest BCUT2D eigenvalue weighted by Gasteiger charge is 2.42. The largest absolute Gasteiger partial charge is 0.405 e. The molecule has 0 bridgehead atoms. The molecule has 3 rings (SSSR count). The Morgan fingerprint density at radius 2 is 1.79 bits per heavy atom.